The highest BCUT2D eigenvalue weighted by Crippen LogP contribution is 2.30. The summed E-state index contributed by atoms with van der Waals surface area (Å²) in [6.45, 7) is 1.42. The van der Waals surface area contributed by atoms with Gasteiger partial charge in [-0.2, -0.15) is 0 Å². The largest absolute Gasteiger partial charge is 0.479 e. The smallest absolute Gasteiger partial charge is 0.344 e. The molecule has 0 fully saturated rings. The Bertz CT molecular complexity index is 959. The van der Waals surface area contributed by atoms with Gasteiger partial charge in [0, 0.05) is 22.5 Å². The standard InChI is InChI=1S/C18H13ClO5/c1-10(18(21)22)23-13-6-7-14-15(9-17(20)24-16(14)8-13)11-2-4-12(19)5-3-11/h2-10H,1H3,(H,21,22)/t10-/m1/s1. The number of rotatable bonds is 4. The summed E-state index contributed by atoms with van der Waals surface area (Å²) < 4.78 is 10.5. The Kier molecular flexibility index (Phi) is 4.27. The third-order valence-corrected chi connectivity index (χ3v) is 3.78. The molecule has 3 aromatic rings. The average Bonchev–Trinajstić information content (AvgIpc) is 2.54. The highest BCUT2D eigenvalue weighted by molar-refractivity contribution is 6.30. The number of ether oxygens (including phenoxy) is 1. The molecule has 5 nitrogen and oxygen atoms in total. The van der Waals surface area contributed by atoms with Crippen molar-refractivity contribution in [3.8, 4) is 16.9 Å². The molecular formula is C18H13ClO5. The van der Waals surface area contributed by atoms with Crippen molar-refractivity contribution in [3.05, 3.63) is 64.0 Å². The molecule has 0 aliphatic carbocycles. The number of hydrogen-bond donors (Lipinski definition) is 1. The first kappa shape index (κ1) is 16.1. The van der Waals surface area contributed by atoms with Gasteiger partial charge >= 0.3 is 11.6 Å². The number of benzene rings is 2. The van der Waals surface area contributed by atoms with E-state index in [2.05, 4.69) is 0 Å². The molecule has 3 rings (SSSR count). The minimum absolute atomic E-state index is 0.314. The highest BCUT2D eigenvalue weighted by atomic mass is 35.5. The van der Waals surface area contributed by atoms with Crippen molar-refractivity contribution in [1.29, 1.82) is 0 Å². The molecule has 24 heavy (non-hydrogen) atoms. The average molecular weight is 345 g/mol. The molecule has 0 amide bonds. The molecule has 0 aliphatic rings. The number of carboxylic acids is 1. The third-order valence-electron chi connectivity index (χ3n) is 3.53. The lowest BCUT2D eigenvalue weighted by Gasteiger charge is -2.11. The maximum absolute atomic E-state index is 11.9. The van der Waals surface area contributed by atoms with Crippen LogP contribution in [0.3, 0.4) is 0 Å². The van der Waals surface area contributed by atoms with Crippen LogP contribution in [0.2, 0.25) is 5.02 Å². The molecule has 0 spiro atoms. The summed E-state index contributed by atoms with van der Waals surface area (Å²) in [7, 11) is 0. The van der Waals surface area contributed by atoms with Crippen LogP contribution in [0.5, 0.6) is 5.75 Å². The van der Waals surface area contributed by atoms with Crippen LogP contribution in [0.25, 0.3) is 22.1 Å². The minimum atomic E-state index is -1.08. The predicted molar refractivity (Wildman–Crippen MR) is 90.7 cm³/mol. The summed E-state index contributed by atoms with van der Waals surface area (Å²) in [5.74, 6) is -0.764. The minimum Gasteiger partial charge on any atom is -0.479 e. The van der Waals surface area contributed by atoms with Gasteiger partial charge in [0.25, 0.3) is 0 Å². The van der Waals surface area contributed by atoms with Crippen LogP contribution >= 0.6 is 11.6 Å². The van der Waals surface area contributed by atoms with Crippen LogP contribution in [0.1, 0.15) is 6.92 Å². The third kappa shape index (κ3) is 3.26. The summed E-state index contributed by atoms with van der Waals surface area (Å²) in [6, 6.07) is 13.4. The Morgan fingerprint density at radius 1 is 1.17 bits per heavy atom. The predicted octanol–water partition coefficient (Wildman–Crippen LogP) is 3.97. The monoisotopic (exact) mass is 344 g/mol. The number of fused-ring (bicyclic) bond motifs is 1. The van der Waals surface area contributed by atoms with E-state index in [1.54, 1.807) is 24.3 Å². The van der Waals surface area contributed by atoms with E-state index in [0.717, 1.165) is 5.56 Å². The molecule has 1 atom stereocenters. The summed E-state index contributed by atoms with van der Waals surface area (Å²) in [6.07, 6.45) is -1.01. The Morgan fingerprint density at radius 2 is 1.88 bits per heavy atom. The van der Waals surface area contributed by atoms with Crippen molar-refractivity contribution in [2.24, 2.45) is 0 Å². The highest BCUT2D eigenvalue weighted by Gasteiger charge is 2.14. The molecule has 122 valence electrons. The van der Waals surface area contributed by atoms with E-state index >= 15 is 0 Å². The zero-order valence-corrected chi connectivity index (χ0v) is 13.4. The van der Waals surface area contributed by atoms with Crippen LogP contribution in [-0.2, 0) is 4.79 Å². The van der Waals surface area contributed by atoms with E-state index in [4.69, 9.17) is 25.9 Å². The van der Waals surface area contributed by atoms with Gasteiger partial charge in [-0.3, -0.25) is 0 Å². The second-order valence-corrected chi connectivity index (χ2v) is 5.68. The van der Waals surface area contributed by atoms with Gasteiger partial charge in [-0.1, -0.05) is 23.7 Å². The van der Waals surface area contributed by atoms with Gasteiger partial charge in [0.1, 0.15) is 11.3 Å². The molecule has 6 heteroatoms. The number of halogens is 1. The molecule has 2 aromatic carbocycles. The van der Waals surface area contributed by atoms with E-state index in [0.29, 0.717) is 27.3 Å². The lowest BCUT2D eigenvalue weighted by Crippen LogP contribution is -2.22. The summed E-state index contributed by atoms with van der Waals surface area (Å²) >= 11 is 5.90. The molecule has 0 aliphatic heterocycles. The first-order chi connectivity index (χ1) is 11.4. The summed E-state index contributed by atoms with van der Waals surface area (Å²) in [5.41, 5.74) is 1.35. The zero-order valence-electron chi connectivity index (χ0n) is 12.7. The second kappa shape index (κ2) is 6.37. The Hall–Kier alpha value is -2.79. The fourth-order valence-electron chi connectivity index (χ4n) is 2.34. The fourth-order valence-corrected chi connectivity index (χ4v) is 2.47. The first-order valence-corrected chi connectivity index (χ1v) is 7.55. The quantitative estimate of drug-likeness (QED) is 0.725. The number of aliphatic carboxylic acids is 1. The maximum atomic E-state index is 11.9. The van der Waals surface area contributed by atoms with Crippen molar-refractivity contribution in [2.75, 3.05) is 0 Å². The van der Waals surface area contributed by atoms with Gasteiger partial charge in [0.2, 0.25) is 0 Å². The second-order valence-electron chi connectivity index (χ2n) is 5.24. The van der Waals surface area contributed by atoms with Gasteiger partial charge in [-0.15, -0.1) is 0 Å². The van der Waals surface area contributed by atoms with Crippen molar-refractivity contribution < 1.29 is 19.1 Å². The van der Waals surface area contributed by atoms with Gasteiger partial charge in [0.05, 0.1) is 0 Å². The van der Waals surface area contributed by atoms with Crippen molar-refractivity contribution in [3.63, 3.8) is 0 Å². The number of hydrogen-bond acceptors (Lipinski definition) is 4. The molecule has 0 radical (unpaired) electrons. The van der Waals surface area contributed by atoms with Gasteiger partial charge < -0.3 is 14.3 Å². The Morgan fingerprint density at radius 3 is 2.54 bits per heavy atom. The normalized spacial score (nSPS) is 12.1. The molecule has 0 unspecified atom stereocenters. The van der Waals surface area contributed by atoms with Gasteiger partial charge in [-0.05, 0) is 42.3 Å². The summed E-state index contributed by atoms with van der Waals surface area (Å²) in [5, 5.41) is 10.2. The Labute approximate surface area is 142 Å². The zero-order chi connectivity index (χ0) is 17.3. The topological polar surface area (TPSA) is 76.7 Å². The molecule has 0 saturated heterocycles. The van der Waals surface area contributed by atoms with E-state index in [1.165, 1.54) is 19.1 Å². The lowest BCUT2D eigenvalue weighted by atomic mass is 10.0. The van der Waals surface area contributed by atoms with E-state index in [-0.39, 0.29) is 0 Å². The molecular weight excluding hydrogens is 332 g/mol. The first-order valence-electron chi connectivity index (χ1n) is 7.17. The SMILES string of the molecule is C[C@@H](Oc1ccc2c(-c3ccc(Cl)cc3)cc(=O)oc2c1)C(=O)O. The molecule has 1 heterocycles. The lowest BCUT2D eigenvalue weighted by molar-refractivity contribution is -0.144. The molecule has 0 bridgehead atoms. The van der Waals surface area contributed by atoms with E-state index in [9.17, 15) is 9.59 Å². The maximum Gasteiger partial charge on any atom is 0.344 e. The van der Waals surface area contributed by atoms with Crippen LogP contribution < -0.4 is 10.4 Å². The number of carbonyl (C=O) groups is 1. The van der Waals surface area contributed by atoms with Crippen LogP contribution in [0.15, 0.2) is 57.7 Å². The molecule has 1 N–H and O–H groups in total. The van der Waals surface area contributed by atoms with Crippen LogP contribution in [0.4, 0.5) is 0 Å². The van der Waals surface area contributed by atoms with Gasteiger partial charge in [0.15, 0.2) is 6.10 Å². The molecule has 1 aromatic heterocycles. The van der Waals surface area contributed by atoms with Crippen molar-refractivity contribution in [1.82, 2.24) is 0 Å². The fraction of sp³-hybridized carbons (Fsp3) is 0.111. The summed E-state index contributed by atoms with van der Waals surface area (Å²) in [4.78, 5) is 22.7. The molecule has 0 saturated carbocycles. The van der Waals surface area contributed by atoms with Crippen LogP contribution in [0, 0.1) is 0 Å². The Balaban J connectivity index is 2.10. The van der Waals surface area contributed by atoms with Crippen molar-refractivity contribution >= 4 is 28.5 Å². The van der Waals surface area contributed by atoms with Gasteiger partial charge in [-0.25, -0.2) is 9.59 Å². The van der Waals surface area contributed by atoms with Crippen molar-refractivity contribution in [2.45, 2.75) is 13.0 Å². The number of carboxylic acid groups (broad SMARTS) is 1. The van der Waals surface area contributed by atoms with E-state index in [1.807, 2.05) is 12.1 Å². The van der Waals surface area contributed by atoms with Crippen LogP contribution in [-0.4, -0.2) is 17.2 Å². The van der Waals surface area contributed by atoms with E-state index < -0.39 is 17.7 Å².